The lowest BCUT2D eigenvalue weighted by Gasteiger charge is -2.29. The molecule has 4 nitrogen and oxygen atoms in total. The van der Waals surface area contributed by atoms with E-state index < -0.39 is 5.60 Å². The van der Waals surface area contributed by atoms with Gasteiger partial charge < -0.3 is 10.0 Å². The Morgan fingerprint density at radius 2 is 2.18 bits per heavy atom. The molecule has 0 saturated carbocycles. The van der Waals surface area contributed by atoms with E-state index in [0.29, 0.717) is 12.1 Å². The van der Waals surface area contributed by atoms with Crippen molar-refractivity contribution >= 4 is 11.6 Å². The minimum Gasteiger partial charge on any atom is -0.389 e. The van der Waals surface area contributed by atoms with E-state index in [1.807, 2.05) is 11.8 Å². The highest BCUT2D eigenvalue weighted by molar-refractivity contribution is 5.94. The summed E-state index contributed by atoms with van der Waals surface area (Å²) in [4.78, 5) is 17.5. The fraction of sp³-hybridized carbons (Fsp3) is 0.538. The third-order valence-electron chi connectivity index (χ3n) is 2.44. The van der Waals surface area contributed by atoms with E-state index in [9.17, 15) is 9.90 Å². The molecule has 0 atom stereocenters. The van der Waals surface area contributed by atoms with Crippen molar-refractivity contribution in [2.45, 2.75) is 33.3 Å². The van der Waals surface area contributed by atoms with Crippen molar-refractivity contribution in [1.82, 2.24) is 4.98 Å². The van der Waals surface area contributed by atoms with Crippen molar-refractivity contribution in [2.24, 2.45) is 0 Å². The molecular weight excluding hydrogens is 216 g/mol. The number of Topliss-reactive ketones (excluding diaryl/α,β-unsaturated/α-hetero) is 1. The molecule has 0 fully saturated rings. The Balaban J connectivity index is 2.96. The highest BCUT2D eigenvalue weighted by Crippen LogP contribution is 2.16. The Labute approximate surface area is 102 Å². The van der Waals surface area contributed by atoms with Crippen LogP contribution in [0.15, 0.2) is 18.3 Å². The van der Waals surface area contributed by atoms with Crippen LogP contribution in [0.25, 0.3) is 0 Å². The van der Waals surface area contributed by atoms with Gasteiger partial charge in [0.1, 0.15) is 5.82 Å². The lowest BCUT2D eigenvalue weighted by atomic mass is 10.1. The molecule has 1 aromatic rings. The molecule has 0 saturated heterocycles. The first-order valence-electron chi connectivity index (χ1n) is 5.78. The molecule has 1 aromatic heterocycles. The van der Waals surface area contributed by atoms with Crippen molar-refractivity contribution < 1.29 is 9.90 Å². The molecule has 0 aliphatic heterocycles. The molecule has 0 radical (unpaired) electrons. The number of hydrogen-bond acceptors (Lipinski definition) is 4. The van der Waals surface area contributed by atoms with Crippen LogP contribution in [0.5, 0.6) is 0 Å². The largest absolute Gasteiger partial charge is 0.389 e. The second-order valence-electron chi connectivity index (χ2n) is 4.79. The van der Waals surface area contributed by atoms with E-state index in [-0.39, 0.29) is 5.78 Å². The summed E-state index contributed by atoms with van der Waals surface area (Å²) in [6.07, 6.45) is 1.62. The van der Waals surface area contributed by atoms with Crippen LogP contribution >= 0.6 is 0 Å². The summed E-state index contributed by atoms with van der Waals surface area (Å²) >= 11 is 0. The van der Waals surface area contributed by atoms with E-state index in [0.717, 1.165) is 12.4 Å². The normalized spacial score (nSPS) is 11.4. The number of carbonyl (C=O) groups is 1. The summed E-state index contributed by atoms with van der Waals surface area (Å²) in [5.41, 5.74) is -0.145. The zero-order chi connectivity index (χ0) is 13.1. The monoisotopic (exact) mass is 236 g/mol. The van der Waals surface area contributed by atoms with Crippen LogP contribution in [0.3, 0.4) is 0 Å². The van der Waals surface area contributed by atoms with Crippen molar-refractivity contribution in [3.63, 3.8) is 0 Å². The standard InChI is InChI=1S/C13H20N2O2/c1-5-15(9-13(3,4)17)12-8-11(10(2)16)6-7-14-12/h6-8,17H,5,9H2,1-4H3. The van der Waals surface area contributed by atoms with Gasteiger partial charge in [0.25, 0.3) is 0 Å². The molecule has 0 aromatic carbocycles. The van der Waals surface area contributed by atoms with Crippen molar-refractivity contribution in [3.05, 3.63) is 23.9 Å². The Morgan fingerprint density at radius 1 is 1.53 bits per heavy atom. The average Bonchev–Trinajstić information content (AvgIpc) is 2.25. The average molecular weight is 236 g/mol. The van der Waals surface area contributed by atoms with Crippen LogP contribution in [0.4, 0.5) is 5.82 Å². The van der Waals surface area contributed by atoms with Gasteiger partial charge in [0.2, 0.25) is 0 Å². The Bertz CT molecular complexity index is 397. The highest BCUT2D eigenvalue weighted by atomic mass is 16.3. The topological polar surface area (TPSA) is 53.4 Å². The Morgan fingerprint density at radius 3 is 2.65 bits per heavy atom. The van der Waals surface area contributed by atoms with Crippen molar-refractivity contribution in [2.75, 3.05) is 18.0 Å². The van der Waals surface area contributed by atoms with Gasteiger partial charge in [-0.15, -0.1) is 0 Å². The summed E-state index contributed by atoms with van der Waals surface area (Å²) in [5, 5.41) is 9.82. The molecule has 17 heavy (non-hydrogen) atoms. The number of carbonyl (C=O) groups excluding carboxylic acids is 1. The maximum atomic E-state index is 11.3. The number of likely N-dealkylation sites (N-methyl/N-ethyl adjacent to an activating group) is 1. The number of rotatable bonds is 5. The minimum atomic E-state index is -0.788. The molecule has 1 N–H and O–H groups in total. The summed E-state index contributed by atoms with van der Waals surface area (Å²) in [6, 6.07) is 3.46. The number of hydrogen-bond donors (Lipinski definition) is 1. The van der Waals surface area contributed by atoms with Crippen LogP contribution in [-0.4, -0.2) is 34.6 Å². The minimum absolute atomic E-state index is 0.0213. The zero-order valence-electron chi connectivity index (χ0n) is 10.9. The van der Waals surface area contributed by atoms with Gasteiger partial charge in [-0.2, -0.15) is 0 Å². The molecule has 0 unspecified atom stereocenters. The zero-order valence-corrected chi connectivity index (χ0v) is 10.9. The van der Waals surface area contributed by atoms with Gasteiger partial charge in [-0.1, -0.05) is 0 Å². The Kier molecular flexibility index (Phi) is 4.23. The van der Waals surface area contributed by atoms with Crippen LogP contribution < -0.4 is 4.90 Å². The number of aliphatic hydroxyl groups is 1. The maximum absolute atomic E-state index is 11.3. The summed E-state index contributed by atoms with van der Waals surface area (Å²) in [7, 11) is 0. The molecule has 0 bridgehead atoms. The Hall–Kier alpha value is -1.42. The number of nitrogens with zero attached hydrogens (tertiary/aromatic N) is 2. The van der Waals surface area contributed by atoms with E-state index in [4.69, 9.17) is 0 Å². The lowest BCUT2D eigenvalue weighted by molar-refractivity contribution is 0.0874. The van der Waals surface area contributed by atoms with Gasteiger partial charge in [0, 0.05) is 24.8 Å². The van der Waals surface area contributed by atoms with Crippen molar-refractivity contribution in [1.29, 1.82) is 0 Å². The third kappa shape index (κ3) is 4.15. The van der Waals surface area contributed by atoms with Crippen LogP contribution in [-0.2, 0) is 0 Å². The molecule has 0 spiro atoms. The van der Waals surface area contributed by atoms with Crippen molar-refractivity contribution in [3.8, 4) is 0 Å². The van der Waals surface area contributed by atoms with Gasteiger partial charge in [0.05, 0.1) is 5.60 Å². The predicted molar refractivity (Wildman–Crippen MR) is 68.4 cm³/mol. The smallest absolute Gasteiger partial charge is 0.159 e. The number of anilines is 1. The van der Waals surface area contributed by atoms with Crippen LogP contribution in [0.1, 0.15) is 38.1 Å². The second-order valence-corrected chi connectivity index (χ2v) is 4.79. The highest BCUT2D eigenvalue weighted by Gasteiger charge is 2.18. The predicted octanol–water partition coefficient (Wildman–Crippen LogP) is 1.88. The first-order chi connectivity index (χ1) is 7.83. The molecular formula is C13H20N2O2. The lowest BCUT2D eigenvalue weighted by Crippen LogP contribution is -2.39. The summed E-state index contributed by atoms with van der Waals surface area (Å²) < 4.78 is 0. The molecule has 1 heterocycles. The van der Waals surface area contributed by atoms with E-state index in [1.54, 1.807) is 32.2 Å². The molecule has 4 heteroatoms. The van der Waals surface area contributed by atoms with Gasteiger partial charge in [0.15, 0.2) is 5.78 Å². The van der Waals surface area contributed by atoms with E-state index in [1.165, 1.54) is 6.92 Å². The fourth-order valence-corrected chi connectivity index (χ4v) is 1.63. The molecule has 0 aliphatic carbocycles. The summed E-state index contributed by atoms with van der Waals surface area (Å²) in [6.45, 7) is 8.25. The van der Waals surface area contributed by atoms with Gasteiger partial charge in [-0.3, -0.25) is 4.79 Å². The first kappa shape index (κ1) is 13.6. The van der Waals surface area contributed by atoms with Crippen LogP contribution in [0.2, 0.25) is 0 Å². The molecule has 0 amide bonds. The van der Waals surface area contributed by atoms with E-state index in [2.05, 4.69) is 4.98 Å². The summed E-state index contributed by atoms with van der Waals surface area (Å²) in [5.74, 6) is 0.746. The third-order valence-corrected chi connectivity index (χ3v) is 2.44. The SMILES string of the molecule is CCN(CC(C)(C)O)c1cc(C(C)=O)ccn1. The quantitative estimate of drug-likeness (QED) is 0.793. The number of pyridine rings is 1. The van der Waals surface area contributed by atoms with Crippen LogP contribution in [0, 0.1) is 0 Å². The second kappa shape index (κ2) is 5.27. The van der Waals surface area contributed by atoms with Gasteiger partial charge in [-0.25, -0.2) is 4.98 Å². The maximum Gasteiger partial charge on any atom is 0.159 e. The number of aromatic nitrogens is 1. The number of ketones is 1. The molecule has 94 valence electrons. The van der Waals surface area contributed by atoms with Gasteiger partial charge in [-0.05, 0) is 39.8 Å². The molecule has 1 rings (SSSR count). The van der Waals surface area contributed by atoms with Gasteiger partial charge >= 0.3 is 0 Å². The van der Waals surface area contributed by atoms with E-state index >= 15 is 0 Å². The fourth-order valence-electron chi connectivity index (χ4n) is 1.63. The first-order valence-corrected chi connectivity index (χ1v) is 5.78. The molecule has 0 aliphatic rings.